The van der Waals surface area contributed by atoms with E-state index in [-0.39, 0.29) is 35.0 Å². The maximum Gasteiger partial charge on any atom is 0.201 e. The molecule has 0 aromatic heterocycles. The van der Waals surface area contributed by atoms with Gasteiger partial charge in [-0.15, -0.1) is 0 Å². The van der Waals surface area contributed by atoms with Crippen molar-refractivity contribution in [2.24, 2.45) is 5.92 Å². The van der Waals surface area contributed by atoms with Gasteiger partial charge in [0.15, 0.2) is 34.8 Å². The van der Waals surface area contributed by atoms with Crippen LogP contribution in [0.2, 0.25) is 0 Å². The van der Waals surface area contributed by atoms with E-state index in [1.807, 2.05) is 13.0 Å². The third-order valence-electron chi connectivity index (χ3n) is 6.83. The molecule has 1 unspecified atom stereocenters. The van der Waals surface area contributed by atoms with Crippen molar-refractivity contribution in [1.82, 2.24) is 0 Å². The molecule has 0 heterocycles. The maximum atomic E-state index is 14.9. The first kappa shape index (κ1) is 27.6. The van der Waals surface area contributed by atoms with Crippen LogP contribution in [0.5, 0.6) is 5.75 Å². The molecule has 0 fully saturated rings. The summed E-state index contributed by atoms with van der Waals surface area (Å²) >= 11 is 0. The van der Waals surface area contributed by atoms with Crippen LogP contribution in [0.4, 0.5) is 26.3 Å². The molecule has 0 saturated carbocycles. The fourth-order valence-corrected chi connectivity index (χ4v) is 4.49. The van der Waals surface area contributed by atoms with Crippen molar-refractivity contribution >= 4 is 11.6 Å². The van der Waals surface area contributed by atoms with Crippen molar-refractivity contribution in [2.75, 3.05) is 6.61 Å². The fraction of sp³-hybridized carbons (Fsp3) is 0.290. The normalized spacial score (nSPS) is 15.7. The number of rotatable bonds is 8. The van der Waals surface area contributed by atoms with Crippen molar-refractivity contribution in [2.45, 2.75) is 46.0 Å². The van der Waals surface area contributed by atoms with Gasteiger partial charge in [0.25, 0.3) is 0 Å². The second-order valence-electron chi connectivity index (χ2n) is 9.45. The van der Waals surface area contributed by atoms with Gasteiger partial charge in [-0.2, -0.15) is 4.39 Å². The summed E-state index contributed by atoms with van der Waals surface area (Å²) in [4.78, 5) is 0. The third kappa shape index (κ3) is 5.66. The number of hydrogen-bond donors (Lipinski definition) is 0. The minimum absolute atomic E-state index is 0.00830. The van der Waals surface area contributed by atoms with Crippen LogP contribution in [0, 0.1) is 47.7 Å². The smallest absolute Gasteiger partial charge is 0.201 e. The Morgan fingerprint density at radius 2 is 1.45 bits per heavy atom. The quantitative estimate of drug-likeness (QED) is 0.208. The summed E-state index contributed by atoms with van der Waals surface area (Å²) in [6, 6.07) is 8.00. The van der Waals surface area contributed by atoms with Crippen molar-refractivity contribution in [3.05, 3.63) is 100 Å². The average molecular weight is 531 g/mol. The largest absolute Gasteiger partial charge is 0.490 e. The Balaban J connectivity index is 1.49. The highest BCUT2D eigenvalue weighted by Crippen LogP contribution is 2.35. The molecule has 7 heteroatoms. The Hall–Kier alpha value is -3.48. The van der Waals surface area contributed by atoms with Crippen LogP contribution in [0.3, 0.4) is 0 Å². The highest BCUT2D eigenvalue weighted by Gasteiger charge is 2.22. The summed E-state index contributed by atoms with van der Waals surface area (Å²) in [7, 11) is 0. The van der Waals surface area contributed by atoms with Crippen LogP contribution < -0.4 is 4.74 Å². The second-order valence-corrected chi connectivity index (χ2v) is 9.45. The standard InChI is InChI=1S/C31H28F6O/c1-3-4-17-38-25-16-15-24(30(36)31(25)37)23-14-12-21(27(33)29(23)35)11-8-19-6-9-20(10-7-19)22-13-5-18(2)26(32)28(22)34/h5,8-9,11-16,19H,3-4,6-7,10,17H2,1-2H3/b11-8+. The first-order valence-corrected chi connectivity index (χ1v) is 12.6. The van der Waals surface area contributed by atoms with Crippen molar-refractivity contribution in [3.8, 4) is 16.9 Å². The predicted molar refractivity (Wildman–Crippen MR) is 138 cm³/mol. The third-order valence-corrected chi connectivity index (χ3v) is 6.83. The van der Waals surface area contributed by atoms with Crippen molar-refractivity contribution < 1.29 is 31.1 Å². The lowest BCUT2D eigenvalue weighted by atomic mass is 9.85. The molecule has 1 aliphatic carbocycles. The zero-order valence-electron chi connectivity index (χ0n) is 21.2. The molecule has 0 aliphatic heterocycles. The Morgan fingerprint density at radius 1 is 0.789 bits per heavy atom. The molecule has 1 nitrogen and oxygen atoms in total. The van der Waals surface area contributed by atoms with E-state index in [4.69, 9.17) is 4.74 Å². The number of allylic oxidation sites excluding steroid dienone is 3. The van der Waals surface area contributed by atoms with Crippen LogP contribution in [0.1, 0.15) is 55.7 Å². The zero-order chi connectivity index (χ0) is 27.4. The van der Waals surface area contributed by atoms with Crippen LogP contribution >= 0.6 is 0 Å². The van der Waals surface area contributed by atoms with E-state index < -0.39 is 46.0 Å². The van der Waals surface area contributed by atoms with Gasteiger partial charge in [-0.3, -0.25) is 0 Å². The molecule has 1 aliphatic rings. The fourth-order valence-electron chi connectivity index (χ4n) is 4.49. The summed E-state index contributed by atoms with van der Waals surface area (Å²) in [6.07, 6.45) is 8.16. The van der Waals surface area contributed by atoms with Gasteiger partial charge < -0.3 is 4.74 Å². The number of aryl methyl sites for hydroxylation is 1. The van der Waals surface area contributed by atoms with Gasteiger partial charge in [0, 0.05) is 22.3 Å². The van der Waals surface area contributed by atoms with E-state index in [0.717, 1.165) is 6.42 Å². The number of ether oxygens (including phenoxy) is 1. The maximum absolute atomic E-state index is 14.9. The molecule has 3 aromatic carbocycles. The van der Waals surface area contributed by atoms with Crippen LogP contribution in [0.15, 0.2) is 48.6 Å². The van der Waals surface area contributed by atoms with Crippen LogP contribution in [-0.4, -0.2) is 6.61 Å². The van der Waals surface area contributed by atoms with Gasteiger partial charge in [-0.1, -0.05) is 55.8 Å². The molecular weight excluding hydrogens is 502 g/mol. The van der Waals surface area contributed by atoms with Gasteiger partial charge in [0.05, 0.1) is 6.61 Å². The van der Waals surface area contributed by atoms with E-state index in [0.29, 0.717) is 31.3 Å². The summed E-state index contributed by atoms with van der Waals surface area (Å²) < 4.78 is 92.4. The minimum atomic E-state index is -1.31. The first-order valence-electron chi connectivity index (χ1n) is 12.6. The van der Waals surface area contributed by atoms with Gasteiger partial charge in [0.2, 0.25) is 5.82 Å². The Bertz CT molecular complexity index is 1390. The van der Waals surface area contributed by atoms with E-state index >= 15 is 0 Å². The average Bonchev–Trinajstić information content (AvgIpc) is 2.92. The number of unbranched alkanes of at least 4 members (excludes halogenated alkanes) is 1. The molecular formula is C31H28F6O. The van der Waals surface area contributed by atoms with Crippen LogP contribution in [-0.2, 0) is 0 Å². The SMILES string of the molecule is CCCCOc1ccc(-c2ccc(/C=C/C3CC=C(c4ccc(C)c(F)c4F)CC3)c(F)c2F)c(F)c1F. The monoisotopic (exact) mass is 530 g/mol. The van der Waals surface area contributed by atoms with Gasteiger partial charge in [-0.05, 0) is 61.8 Å². The predicted octanol–water partition coefficient (Wildman–Crippen LogP) is 9.57. The van der Waals surface area contributed by atoms with Gasteiger partial charge >= 0.3 is 0 Å². The Labute approximate surface area is 218 Å². The van der Waals surface area contributed by atoms with Crippen molar-refractivity contribution in [1.29, 1.82) is 0 Å². The lowest BCUT2D eigenvalue weighted by molar-refractivity contribution is 0.289. The van der Waals surface area contributed by atoms with Crippen LogP contribution in [0.25, 0.3) is 22.8 Å². The van der Waals surface area contributed by atoms with E-state index in [2.05, 4.69) is 0 Å². The van der Waals surface area contributed by atoms with E-state index in [1.54, 1.807) is 12.1 Å². The highest BCUT2D eigenvalue weighted by atomic mass is 19.2. The minimum Gasteiger partial charge on any atom is -0.490 e. The lowest BCUT2D eigenvalue weighted by Gasteiger charge is -2.20. The molecule has 0 radical (unpaired) electrons. The topological polar surface area (TPSA) is 9.23 Å². The summed E-state index contributed by atoms with van der Waals surface area (Å²) in [5.41, 5.74) is 0.362. The number of hydrogen-bond acceptors (Lipinski definition) is 1. The summed E-state index contributed by atoms with van der Waals surface area (Å²) in [5.74, 6) is -7.02. The molecule has 0 N–H and O–H groups in total. The van der Waals surface area contributed by atoms with Crippen molar-refractivity contribution in [3.63, 3.8) is 0 Å². The molecule has 0 bridgehead atoms. The molecule has 1 atom stereocenters. The van der Waals surface area contributed by atoms with E-state index in [1.165, 1.54) is 43.3 Å². The summed E-state index contributed by atoms with van der Waals surface area (Å²) in [5, 5.41) is 0. The zero-order valence-corrected chi connectivity index (χ0v) is 21.2. The van der Waals surface area contributed by atoms with E-state index in [9.17, 15) is 26.3 Å². The van der Waals surface area contributed by atoms with Gasteiger partial charge in [0.1, 0.15) is 0 Å². The molecule has 3 aromatic rings. The molecule has 0 spiro atoms. The molecule has 200 valence electrons. The highest BCUT2D eigenvalue weighted by molar-refractivity contribution is 5.69. The number of halogens is 6. The summed E-state index contributed by atoms with van der Waals surface area (Å²) in [6.45, 7) is 3.65. The first-order chi connectivity index (χ1) is 18.2. The molecule has 0 amide bonds. The lowest BCUT2D eigenvalue weighted by Crippen LogP contribution is -2.05. The molecule has 4 rings (SSSR count). The van der Waals surface area contributed by atoms with Gasteiger partial charge in [-0.25, -0.2) is 22.0 Å². The Morgan fingerprint density at radius 3 is 2.13 bits per heavy atom. The Kier molecular flexibility index (Phi) is 8.65. The second kappa shape index (κ2) is 11.9. The molecule has 38 heavy (non-hydrogen) atoms. The number of benzene rings is 3. The molecule has 0 saturated heterocycles.